The van der Waals surface area contributed by atoms with Gasteiger partial charge in [0.15, 0.2) is 11.6 Å². The van der Waals surface area contributed by atoms with Crippen LogP contribution in [0.2, 0.25) is 0 Å². The largest absolute Gasteiger partial charge is 0.445 e. The summed E-state index contributed by atoms with van der Waals surface area (Å²) in [5.41, 5.74) is 0.809. The Hall–Kier alpha value is -2.80. The molecule has 2 unspecified atom stereocenters. The number of nitrogens with zero attached hydrogens (tertiary/aromatic N) is 1. The maximum Gasteiger partial charge on any atom is 0.411 e. The Labute approximate surface area is 160 Å². The number of hydrogen-bond donors (Lipinski definition) is 0. The first kappa shape index (κ1) is 18.6. The van der Waals surface area contributed by atoms with Crippen LogP contribution in [0.1, 0.15) is 17.5 Å². The van der Waals surface area contributed by atoms with Crippen molar-refractivity contribution in [3.63, 3.8) is 0 Å². The Morgan fingerprint density at radius 2 is 1.82 bits per heavy atom. The van der Waals surface area contributed by atoms with Crippen LogP contribution in [-0.2, 0) is 16.1 Å². The van der Waals surface area contributed by atoms with E-state index in [0.29, 0.717) is 5.57 Å². The zero-order valence-corrected chi connectivity index (χ0v) is 14.9. The molecule has 0 N–H and O–H groups in total. The molecule has 2 atom stereocenters. The van der Waals surface area contributed by atoms with Crippen LogP contribution in [0, 0.1) is 17.5 Å². The maximum absolute atomic E-state index is 14.2. The number of morpholine rings is 1. The van der Waals surface area contributed by atoms with Gasteiger partial charge >= 0.3 is 6.09 Å². The molecule has 1 saturated heterocycles. The lowest BCUT2D eigenvalue weighted by molar-refractivity contribution is -0.0342. The molecule has 2 aliphatic heterocycles. The van der Waals surface area contributed by atoms with Crippen molar-refractivity contribution in [3.05, 3.63) is 77.1 Å². The molecule has 1 amide bonds. The minimum atomic E-state index is -1.22. The second-order valence-electron chi connectivity index (χ2n) is 6.82. The summed E-state index contributed by atoms with van der Waals surface area (Å²) in [4.78, 5) is 14.2. The normalized spacial score (nSPS) is 21.2. The van der Waals surface area contributed by atoms with Gasteiger partial charge in [0.1, 0.15) is 12.4 Å². The van der Waals surface area contributed by atoms with Gasteiger partial charge in [-0.1, -0.05) is 36.4 Å². The molecular weight excluding hydrogens is 371 g/mol. The van der Waals surface area contributed by atoms with E-state index >= 15 is 0 Å². The molecule has 2 aromatic carbocycles. The average Bonchev–Trinajstić information content (AvgIpc) is 2.69. The van der Waals surface area contributed by atoms with Crippen molar-refractivity contribution in [3.8, 4) is 0 Å². The van der Waals surface area contributed by atoms with Crippen molar-refractivity contribution in [2.75, 3.05) is 13.2 Å². The number of rotatable bonds is 3. The van der Waals surface area contributed by atoms with Crippen LogP contribution >= 0.6 is 0 Å². The van der Waals surface area contributed by atoms with Gasteiger partial charge in [0.2, 0.25) is 0 Å². The molecule has 146 valence electrons. The van der Waals surface area contributed by atoms with Crippen molar-refractivity contribution in [1.82, 2.24) is 4.90 Å². The van der Waals surface area contributed by atoms with Gasteiger partial charge in [-0.05, 0) is 29.7 Å². The third-order valence-electron chi connectivity index (χ3n) is 4.98. The smallest absolute Gasteiger partial charge is 0.411 e. The molecule has 2 aromatic rings. The van der Waals surface area contributed by atoms with Gasteiger partial charge < -0.3 is 9.47 Å². The minimum absolute atomic E-state index is 0.125. The third-order valence-corrected chi connectivity index (χ3v) is 4.98. The van der Waals surface area contributed by atoms with Crippen LogP contribution in [0.3, 0.4) is 0 Å². The summed E-state index contributed by atoms with van der Waals surface area (Å²) in [5.74, 6) is -3.15. The molecular formula is C21H18F3NO3. The molecule has 0 spiro atoms. The molecule has 2 aliphatic rings. The highest BCUT2D eigenvalue weighted by Crippen LogP contribution is 2.35. The van der Waals surface area contributed by atoms with E-state index in [4.69, 9.17) is 9.47 Å². The number of carbonyl (C=O) groups excluding carboxylic acids is 1. The summed E-state index contributed by atoms with van der Waals surface area (Å²) in [5, 5.41) is 0. The highest BCUT2D eigenvalue weighted by atomic mass is 19.2. The fourth-order valence-corrected chi connectivity index (χ4v) is 3.68. The lowest BCUT2D eigenvalue weighted by atomic mass is 9.89. The summed E-state index contributed by atoms with van der Waals surface area (Å²) in [6, 6.07) is 9.96. The summed E-state index contributed by atoms with van der Waals surface area (Å²) < 4.78 is 52.9. The second-order valence-corrected chi connectivity index (χ2v) is 6.82. The van der Waals surface area contributed by atoms with Gasteiger partial charge in [-0.15, -0.1) is 0 Å². The van der Waals surface area contributed by atoms with Crippen LogP contribution < -0.4 is 0 Å². The summed E-state index contributed by atoms with van der Waals surface area (Å²) in [6.07, 6.45) is 1.19. The fraction of sp³-hybridized carbons (Fsp3) is 0.286. The minimum Gasteiger partial charge on any atom is -0.445 e. The van der Waals surface area contributed by atoms with E-state index in [-0.39, 0.29) is 31.8 Å². The first-order valence-electron chi connectivity index (χ1n) is 8.96. The zero-order chi connectivity index (χ0) is 19.7. The first-order chi connectivity index (χ1) is 13.5. The lowest BCUT2D eigenvalue weighted by Gasteiger charge is -2.43. The van der Waals surface area contributed by atoms with E-state index in [9.17, 15) is 18.0 Å². The van der Waals surface area contributed by atoms with E-state index in [1.165, 1.54) is 4.90 Å². The SMILES string of the molecule is O=C(OCc1ccccc1)N1C2C=C(c3c(F)ccc(F)c3F)CC1COC2. The van der Waals surface area contributed by atoms with E-state index in [1.54, 1.807) is 6.08 Å². The molecule has 0 radical (unpaired) electrons. The average molecular weight is 389 g/mol. The number of fused-ring (bicyclic) bond motifs is 2. The molecule has 0 aliphatic carbocycles. The van der Waals surface area contributed by atoms with Crippen molar-refractivity contribution in [1.29, 1.82) is 0 Å². The quantitative estimate of drug-likeness (QED) is 0.735. The second kappa shape index (κ2) is 7.67. The molecule has 4 nitrogen and oxygen atoms in total. The monoisotopic (exact) mass is 389 g/mol. The number of amides is 1. The van der Waals surface area contributed by atoms with E-state index in [1.807, 2.05) is 30.3 Å². The molecule has 2 heterocycles. The van der Waals surface area contributed by atoms with Gasteiger partial charge in [-0.25, -0.2) is 18.0 Å². The Kier molecular flexibility index (Phi) is 5.09. The van der Waals surface area contributed by atoms with Crippen LogP contribution in [-0.4, -0.2) is 36.3 Å². The summed E-state index contributed by atoms with van der Waals surface area (Å²) >= 11 is 0. The van der Waals surface area contributed by atoms with Crippen LogP contribution in [0.5, 0.6) is 0 Å². The van der Waals surface area contributed by atoms with Crippen molar-refractivity contribution >= 4 is 11.7 Å². The number of benzene rings is 2. The van der Waals surface area contributed by atoms with Gasteiger partial charge in [-0.2, -0.15) is 0 Å². The van der Waals surface area contributed by atoms with E-state index in [0.717, 1.165) is 17.7 Å². The molecule has 0 saturated carbocycles. The molecule has 1 fully saturated rings. The molecule has 2 bridgehead atoms. The van der Waals surface area contributed by atoms with Gasteiger partial charge in [0.05, 0.1) is 30.9 Å². The summed E-state index contributed by atoms with van der Waals surface area (Å²) in [6.45, 7) is 0.520. The predicted octanol–water partition coefficient (Wildman–Crippen LogP) is 4.30. The lowest BCUT2D eigenvalue weighted by Crippen LogP contribution is -2.56. The Morgan fingerprint density at radius 3 is 2.57 bits per heavy atom. The number of ether oxygens (including phenoxy) is 2. The third kappa shape index (κ3) is 3.49. The van der Waals surface area contributed by atoms with Crippen molar-refractivity contribution in [2.24, 2.45) is 0 Å². The van der Waals surface area contributed by atoms with Crippen molar-refractivity contribution < 1.29 is 27.4 Å². The van der Waals surface area contributed by atoms with Crippen molar-refractivity contribution in [2.45, 2.75) is 25.1 Å². The molecule has 0 aromatic heterocycles. The topological polar surface area (TPSA) is 38.8 Å². The molecule has 7 heteroatoms. The summed E-state index contributed by atoms with van der Waals surface area (Å²) in [7, 11) is 0. The van der Waals surface area contributed by atoms with Crippen LogP contribution in [0.4, 0.5) is 18.0 Å². The predicted molar refractivity (Wildman–Crippen MR) is 95.8 cm³/mol. The Bertz CT molecular complexity index is 917. The Morgan fingerprint density at radius 1 is 1.07 bits per heavy atom. The van der Waals surface area contributed by atoms with E-state index in [2.05, 4.69) is 0 Å². The number of hydrogen-bond acceptors (Lipinski definition) is 3. The highest BCUT2D eigenvalue weighted by molar-refractivity contribution is 5.75. The standard InChI is InChI=1S/C21H18F3NO3/c22-17-6-7-18(23)20(24)19(17)14-8-15-11-27-12-16(9-14)25(15)21(26)28-10-13-4-2-1-3-5-13/h1-8,15-16H,9-12H2. The first-order valence-corrected chi connectivity index (χ1v) is 8.96. The maximum atomic E-state index is 14.2. The highest BCUT2D eigenvalue weighted by Gasteiger charge is 2.40. The zero-order valence-electron chi connectivity index (χ0n) is 14.9. The van der Waals surface area contributed by atoms with Gasteiger partial charge in [0.25, 0.3) is 0 Å². The van der Waals surface area contributed by atoms with Crippen LogP contribution in [0.15, 0.2) is 48.5 Å². The molecule has 4 rings (SSSR count). The van der Waals surface area contributed by atoms with E-state index < -0.39 is 35.6 Å². The van der Waals surface area contributed by atoms with Gasteiger partial charge in [0, 0.05) is 0 Å². The fourth-order valence-electron chi connectivity index (χ4n) is 3.68. The van der Waals surface area contributed by atoms with Crippen LogP contribution in [0.25, 0.3) is 5.57 Å². The Balaban J connectivity index is 1.56. The number of carbonyl (C=O) groups is 1. The van der Waals surface area contributed by atoms with Gasteiger partial charge in [-0.3, -0.25) is 4.90 Å². The number of halogens is 3. The molecule has 28 heavy (non-hydrogen) atoms.